The molecule has 0 amide bonds. The van der Waals surface area contributed by atoms with Gasteiger partial charge in [0.15, 0.2) is 5.78 Å². The second kappa shape index (κ2) is 4.29. The first-order chi connectivity index (χ1) is 9.19. The highest BCUT2D eigenvalue weighted by Crippen LogP contribution is 2.30. The molecule has 2 heteroatoms. The van der Waals surface area contributed by atoms with Gasteiger partial charge in [-0.05, 0) is 50.2 Å². The van der Waals surface area contributed by atoms with Crippen LogP contribution in [0.15, 0.2) is 40.8 Å². The van der Waals surface area contributed by atoms with Gasteiger partial charge >= 0.3 is 0 Å². The van der Waals surface area contributed by atoms with Gasteiger partial charge in [-0.1, -0.05) is 5.92 Å². The molecule has 0 atom stereocenters. The number of fused-ring (bicyclic) bond motifs is 3. The first kappa shape index (κ1) is 11.6. The van der Waals surface area contributed by atoms with Crippen molar-refractivity contribution < 1.29 is 9.21 Å². The van der Waals surface area contributed by atoms with Gasteiger partial charge < -0.3 is 4.42 Å². The number of carbonyl (C=O) groups is 1. The molecule has 0 aliphatic carbocycles. The van der Waals surface area contributed by atoms with Crippen LogP contribution in [0, 0.1) is 11.8 Å². The quantitative estimate of drug-likeness (QED) is 0.478. The van der Waals surface area contributed by atoms with Crippen LogP contribution < -0.4 is 0 Å². The summed E-state index contributed by atoms with van der Waals surface area (Å²) in [6.07, 6.45) is 0. The number of Topliss-reactive ketones (excluding diaryl/α,β-unsaturated/α-hetero) is 1. The molecule has 3 aromatic rings. The highest BCUT2D eigenvalue weighted by Gasteiger charge is 2.09. The maximum Gasteiger partial charge on any atom is 0.159 e. The van der Waals surface area contributed by atoms with E-state index in [2.05, 4.69) is 11.8 Å². The molecule has 2 nitrogen and oxygen atoms in total. The van der Waals surface area contributed by atoms with E-state index in [1.54, 1.807) is 13.0 Å². The van der Waals surface area contributed by atoms with Gasteiger partial charge in [0.2, 0.25) is 0 Å². The lowest BCUT2D eigenvalue weighted by Gasteiger charge is -1.95. The minimum atomic E-state index is 0.0563. The van der Waals surface area contributed by atoms with Crippen molar-refractivity contribution in [2.75, 3.05) is 0 Å². The topological polar surface area (TPSA) is 30.2 Å². The molecule has 0 unspecified atom stereocenters. The van der Waals surface area contributed by atoms with E-state index < -0.39 is 0 Å². The van der Waals surface area contributed by atoms with Crippen molar-refractivity contribution in [2.45, 2.75) is 13.8 Å². The molecule has 0 radical (unpaired) electrons. The first-order valence-corrected chi connectivity index (χ1v) is 6.09. The van der Waals surface area contributed by atoms with Crippen molar-refractivity contribution in [3.05, 3.63) is 47.5 Å². The van der Waals surface area contributed by atoms with Gasteiger partial charge in [-0.2, -0.15) is 0 Å². The summed E-state index contributed by atoms with van der Waals surface area (Å²) in [5.74, 6) is 5.97. The second-order valence-electron chi connectivity index (χ2n) is 4.46. The number of hydrogen-bond donors (Lipinski definition) is 0. The van der Waals surface area contributed by atoms with E-state index in [-0.39, 0.29) is 5.78 Å². The third-order valence-corrected chi connectivity index (χ3v) is 3.15. The SMILES string of the molecule is CC#Cc1ccc2oc3ccc(C(C)=O)cc3c2c1. The second-order valence-corrected chi connectivity index (χ2v) is 4.46. The molecule has 0 spiro atoms. The molecule has 1 heterocycles. The minimum Gasteiger partial charge on any atom is -0.456 e. The number of hydrogen-bond acceptors (Lipinski definition) is 2. The van der Waals surface area contributed by atoms with Gasteiger partial charge in [-0.25, -0.2) is 0 Å². The van der Waals surface area contributed by atoms with E-state index in [4.69, 9.17) is 4.42 Å². The van der Waals surface area contributed by atoms with E-state index in [9.17, 15) is 4.79 Å². The molecule has 1 aromatic heterocycles. The van der Waals surface area contributed by atoms with Crippen molar-refractivity contribution in [3.8, 4) is 11.8 Å². The smallest absolute Gasteiger partial charge is 0.159 e. The van der Waals surface area contributed by atoms with Crippen molar-refractivity contribution in [3.63, 3.8) is 0 Å². The van der Waals surface area contributed by atoms with Crippen LogP contribution in [0.2, 0.25) is 0 Å². The van der Waals surface area contributed by atoms with Crippen LogP contribution in [0.3, 0.4) is 0 Å². The molecule has 0 bridgehead atoms. The van der Waals surface area contributed by atoms with Crippen LogP contribution >= 0.6 is 0 Å². The third-order valence-electron chi connectivity index (χ3n) is 3.15. The molecule has 0 saturated carbocycles. The zero-order valence-corrected chi connectivity index (χ0v) is 10.8. The summed E-state index contributed by atoms with van der Waals surface area (Å²) in [4.78, 5) is 11.5. The van der Waals surface area contributed by atoms with Gasteiger partial charge in [-0.3, -0.25) is 4.79 Å². The van der Waals surface area contributed by atoms with Crippen LogP contribution in [0.5, 0.6) is 0 Å². The molecule has 92 valence electrons. The number of benzene rings is 2. The maximum atomic E-state index is 11.5. The molecular formula is C17H12O2. The lowest BCUT2D eigenvalue weighted by atomic mass is 10.1. The predicted molar refractivity (Wildman–Crippen MR) is 76.3 cm³/mol. The molecule has 3 rings (SSSR count). The normalized spacial score (nSPS) is 10.4. The van der Waals surface area contributed by atoms with Crippen molar-refractivity contribution in [1.29, 1.82) is 0 Å². The highest BCUT2D eigenvalue weighted by molar-refractivity contribution is 6.08. The average molecular weight is 248 g/mol. The Bertz CT molecular complexity index is 857. The highest BCUT2D eigenvalue weighted by atomic mass is 16.3. The summed E-state index contributed by atoms with van der Waals surface area (Å²) in [6.45, 7) is 3.38. The summed E-state index contributed by atoms with van der Waals surface area (Å²) in [6, 6.07) is 11.4. The number of ketones is 1. The Morgan fingerprint density at radius 1 is 1.05 bits per heavy atom. The fourth-order valence-corrected chi connectivity index (χ4v) is 2.22. The number of rotatable bonds is 1. The fraction of sp³-hybridized carbons (Fsp3) is 0.118. The maximum absolute atomic E-state index is 11.5. The zero-order valence-electron chi connectivity index (χ0n) is 10.8. The van der Waals surface area contributed by atoms with Crippen LogP contribution in [0.25, 0.3) is 21.9 Å². The van der Waals surface area contributed by atoms with Crippen molar-refractivity contribution >= 4 is 27.7 Å². The molecule has 0 saturated heterocycles. The van der Waals surface area contributed by atoms with E-state index in [0.717, 1.165) is 27.5 Å². The molecule has 19 heavy (non-hydrogen) atoms. The number of furan rings is 1. The Balaban J connectivity index is 2.36. The van der Waals surface area contributed by atoms with Crippen molar-refractivity contribution in [1.82, 2.24) is 0 Å². The van der Waals surface area contributed by atoms with Gasteiger partial charge in [0.1, 0.15) is 11.2 Å². The molecule has 0 aliphatic rings. The minimum absolute atomic E-state index is 0.0563. The van der Waals surface area contributed by atoms with Gasteiger partial charge in [0.05, 0.1) is 0 Å². The lowest BCUT2D eigenvalue weighted by Crippen LogP contribution is -1.89. The third kappa shape index (κ3) is 1.90. The average Bonchev–Trinajstić information content (AvgIpc) is 2.76. The van der Waals surface area contributed by atoms with Crippen LogP contribution in [-0.4, -0.2) is 5.78 Å². The van der Waals surface area contributed by atoms with E-state index >= 15 is 0 Å². The van der Waals surface area contributed by atoms with Crippen molar-refractivity contribution in [2.24, 2.45) is 0 Å². The van der Waals surface area contributed by atoms with Crippen LogP contribution in [-0.2, 0) is 0 Å². The molecular weight excluding hydrogens is 236 g/mol. The van der Waals surface area contributed by atoms with Gasteiger partial charge in [0, 0.05) is 21.9 Å². The summed E-state index contributed by atoms with van der Waals surface area (Å²) < 4.78 is 5.76. The van der Waals surface area contributed by atoms with Gasteiger partial charge in [0.25, 0.3) is 0 Å². The Kier molecular flexibility index (Phi) is 2.61. The first-order valence-electron chi connectivity index (χ1n) is 6.09. The molecule has 0 aliphatic heterocycles. The lowest BCUT2D eigenvalue weighted by molar-refractivity contribution is 0.101. The van der Waals surface area contributed by atoms with Crippen LogP contribution in [0.4, 0.5) is 0 Å². The molecule has 0 N–H and O–H groups in total. The molecule has 2 aromatic carbocycles. The zero-order chi connectivity index (χ0) is 13.4. The summed E-state index contributed by atoms with van der Waals surface area (Å²) in [5, 5.41) is 1.96. The Morgan fingerprint density at radius 3 is 2.42 bits per heavy atom. The molecule has 0 fully saturated rings. The number of carbonyl (C=O) groups excluding carboxylic acids is 1. The fourth-order valence-electron chi connectivity index (χ4n) is 2.22. The summed E-state index contributed by atoms with van der Waals surface area (Å²) in [7, 11) is 0. The van der Waals surface area contributed by atoms with E-state index in [1.807, 2.05) is 37.3 Å². The van der Waals surface area contributed by atoms with Crippen LogP contribution in [0.1, 0.15) is 29.8 Å². The Morgan fingerprint density at radius 2 is 1.74 bits per heavy atom. The summed E-state index contributed by atoms with van der Waals surface area (Å²) in [5.41, 5.74) is 3.26. The van der Waals surface area contributed by atoms with E-state index in [1.165, 1.54) is 0 Å². The van der Waals surface area contributed by atoms with E-state index in [0.29, 0.717) is 5.56 Å². The largest absolute Gasteiger partial charge is 0.456 e. The Labute approximate surface area is 111 Å². The monoisotopic (exact) mass is 248 g/mol. The Hall–Kier alpha value is -2.53. The van der Waals surface area contributed by atoms with Gasteiger partial charge in [-0.15, -0.1) is 5.92 Å². The standard InChI is InChI=1S/C17H12O2/c1-3-4-12-5-7-16-14(9-12)15-10-13(11(2)18)6-8-17(15)19-16/h5-10H,1-2H3. The predicted octanol–water partition coefficient (Wildman–Crippen LogP) is 4.16. The summed E-state index contributed by atoms with van der Waals surface area (Å²) >= 11 is 0.